The maximum absolute atomic E-state index is 12.3. The van der Waals surface area contributed by atoms with Crippen molar-refractivity contribution in [3.63, 3.8) is 0 Å². The highest BCUT2D eigenvalue weighted by molar-refractivity contribution is 5.85. The van der Waals surface area contributed by atoms with E-state index in [0.717, 1.165) is 12.0 Å². The van der Waals surface area contributed by atoms with Crippen LogP contribution in [0.5, 0.6) is 0 Å². The molecular formula is C16H22ClF3N2O. The molecule has 0 aliphatic carbocycles. The molecule has 2 rings (SSSR count). The van der Waals surface area contributed by atoms with Crippen molar-refractivity contribution >= 4 is 18.3 Å². The molecule has 1 aromatic rings. The number of hydrogen-bond acceptors (Lipinski definition) is 2. The molecular weight excluding hydrogens is 329 g/mol. The average molecular weight is 351 g/mol. The van der Waals surface area contributed by atoms with Crippen molar-refractivity contribution in [1.82, 2.24) is 10.2 Å². The van der Waals surface area contributed by atoms with Crippen LogP contribution in [0.1, 0.15) is 36.9 Å². The predicted molar refractivity (Wildman–Crippen MR) is 85.7 cm³/mol. The molecule has 130 valence electrons. The zero-order valence-electron chi connectivity index (χ0n) is 13.0. The lowest BCUT2D eigenvalue weighted by Gasteiger charge is -2.37. The third-order valence-corrected chi connectivity index (χ3v) is 3.96. The standard InChI is InChI=1S/C16H21F3N2O.ClH/c1-2-12-3-5-13(6-4-12)14-11-20-9-10-21(14)15(22)7-8-16(17,18)19;/h3-6,14,20H,2,7-11H2,1H3;1H. The van der Waals surface area contributed by atoms with Gasteiger partial charge in [0.1, 0.15) is 0 Å². The second kappa shape index (κ2) is 8.55. The van der Waals surface area contributed by atoms with E-state index in [9.17, 15) is 18.0 Å². The van der Waals surface area contributed by atoms with Crippen molar-refractivity contribution in [3.05, 3.63) is 35.4 Å². The average Bonchev–Trinajstić information content (AvgIpc) is 2.52. The molecule has 0 bridgehead atoms. The summed E-state index contributed by atoms with van der Waals surface area (Å²) in [6.45, 7) is 3.69. The Morgan fingerprint density at radius 2 is 1.96 bits per heavy atom. The number of halogens is 4. The molecule has 1 saturated heterocycles. The van der Waals surface area contributed by atoms with Gasteiger partial charge < -0.3 is 10.2 Å². The van der Waals surface area contributed by atoms with Gasteiger partial charge in [-0.2, -0.15) is 13.2 Å². The molecule has 0 saturated carbocycles. The summed E-state index contributed by atoms with van der Waals surface area (Å²) in [6, 6.07) is 7.73. The Morgan fingerprint density at radius 1 is 1.30 bits per heavy atom. The molecule has 1 aliphatic rings. The van der Waals surface area contributed by atoms with Gasteiger partial charge in [0.15, 0.2) is 0 Å². The van der Waals surface area contributed by atoms with Crippen LogP contribution in [-0.2, 0) is 11.2 Å². The molecule has 1 amide bonds. The van der Waals surface area contributed by atoms with E-state index in [1.165, 1.54) is 5.56 Å². The smallest absolute Gasteiger partial charge is 0.333 e. The number of benzene rings is 1. The maximum atomic E-state index is 12.3. The van der Waals surface area contributed by atoms with Crippen LogP contribution < -0.4 is 5.32 Å². The number of nitrogens with one attached hydrogen (secondary N) is 1. The third kappa shape index (κ3) is 5.70. The maximum Gasteiger partial charge on any atom is 0.389 e. The molecule has 3 nitrogen and oxygen atoms in total. The molecule has 1 unspecified atom stereocenters. The van der Waals surface area contributed by atoms with Crippen LogP contribution in [0.4, 0.5) is 13.2 Å². The molecule has 1 atom stereocenters. The number of piperazine rings is 1. The zero-order chi connectivity index (χ0) is 16.2. The quantitative estimate of drug-likeness (QED) is 0.901. The van der Waals surface area contributed by atoms with Crippen LogP contribution >= 0.6 is 12.4 Å². The number of nitrogens with zero attached hydrogens (tertiary/aromatic N) is 1. The topological polar surface area (TPSA) is 32.3 Å². The monoisotopic (exact) mass is 350 g/mol. The van der Waals surface area contributed by atoms with Gasteiger partial charge in [-0.3, -0.25) is 4.79 Å². The Morgan fingerprint density at radius 3 is 2.52 bits per heavy atom. The summed E-state index contributed by atoms with van der Waals surface area (Å²) in [7, 11) is 0. The summed E-state index contributed by atoms with van der Waals surface area (Å²) in [5.74, 6) is -0.427. The van der Waals surface area contributed by atoms with Gasteiger partial charge in [0.05, 0.1) is 12.5 Å². The summed E-state index contributed by atoms with van der Waals surface area (Å²) in [5, 5.41) is 3.20. The highest BCUT2D eigenvalue weighted by atomic mass is 35.5. The molecule has 0 spiro atoms. The van der Waals surface area contributed by atoms with E-state index in [-0.39, 0.29) is 18.4 Å². The van der Waals surface area contributed by atoms with Gasteiger partial charge in [-0.25, -0.2) is 0 Å². The van der Waals surface area contributed by atoms with E-state index >= 15 is 0 Å². The Bertz CT molecular complexity index is 505. The first-order chi connectivity index (χ1) is 10.4. The molecule has 0 radical (unpaired) electrons. The molecule has 1 aliphatic heterocycles. The third-order valence-electron chi connectivity index (χ3n) is 3.96. The molecule has 1 N–H and O–H groups in total. The molecule has 1 aromatic carbocycles. The number of aryl methyl sites for hydroxylation is 1. The van der Waals surface area contributed by atoms with E-state index in [4.69, 9.17) is 0 Å². The molecule has 23 heavy (non-hydrogen) atoms. The van der Waals surface area contributed by atoms with Crippen LogP contribution in [-0.4, -0.2) is 36.6 Å². The minimum Gasteiger partial charge on any atom is -0.333 e. The van der Waals surface area contributed by atoms with E-state index in [0.29, 0.717) is 19.6 Å². The van der Waals surface area contributed by atoms with E-state index in [2.05, 4.69) is 12.2 Å². The van der Waals surface area contributed by atoms with E-state index in [1.54, 1.807) is 4.90 Å². The van der Waals surface area contributed by atoms with Crippen LogP contribution in [0.3, 0.4) is 0 Å². The summed E-state index contributed by atoms with van der Waals surface area (Å²) in [5.41, 5.74) is 2.16. The van der Waals surface area contributed by atoms with Crippen molar-refractivity contribution in [2.75, 3.05) is 19.6 Å². The lowest BCUT2D eigenvalue weighted by atomic mass is 10.0. The van der Waals surface area contributed by atoms with Crippen LogP contribution in [0.15, 0.2) is 24.3 Å². The predicted octanol–water partition coefficient (Wildman–Crippen LogP) is 3.49. The fraction of sp³-hybridized carbons (Fsp3) is 0.562. The molecule has 0 aromatic heterocycles. The van der Waals surface area contributed by atoms with Crippen molar-refractivity contribution in [2.24, 2.45) is 0 Å². The van der Waals surface area contributed by atoms with Gasteiger partial charge in [0.25, 0.3) is 0 Å². The normalized spacial score (nSPS) is 18.4. The number of carbonyl (C=O) groups excluding carboxylic acids is 1. The van der Waals surface area contributed by atoms with Gasteiger partial charge in [0.2, 0.25) is 5.91 Å². The van der Waals surface area contributed by atoms with Crippen LogP contribution in [0, 0.1) is 0 Å². The highest BCUT2D eigenvalue weighted by Crippen LogP contribution is 2.26. The van der Waals surface area contributed by atoms with Gasteiger partial charge >= 0.3 is 6.18 Å². The largest absolute Gasteiger partial charge is 0.389 e. The zero-order valence-corrected chi connectivity index (χ0v) is 13.8. The lowest BCUT2D eigenvalue weighted by Crippen LogP contribution is -2.48. The minimum absolute atomic E-state index is 0. The first-order valence-electron chi connectivity index (χ1n) is 7.56. The van der Waals surface area contributed by atoms with Gasteiger partial charge in [-0.1, -0.05) is 31.2 Å². The van der Waals surface area contributed by atoms with E-state index in [1.807, 2.05) is 24.3 Å². The lowest BCUT2D eigenvalue weighted by molar-refractivity contribution is -0.151. The second-order valence-electron chi connectivity index (χ2n) is 5.52. The minimum atomic E-state index is -4.29. The summed E-state index contributed by atoms with van der Waals surface area (Å²) < 4.78 is 36.9. The fourth-order valence-corrected chi connectivity index (χ4v) is 2.67. The Kier molecular flexibility index (Phi) is 7.35. The number of amides is 1. The highest BCUT2D eigenvalue weighted by Gasteiger charge is 2.32. The molecule has 1 fully saturated rings. The fourth-order valence-electron chi connectivity index (χ4n) is 2.67. The Hall–Kier alpha value is -1.27. The Labute approximate surface area is 140 Å². The van der Waals surface area contributed by atoms with Crippen LogP contribution in [0.2, 0.25) is 0 Å². The van der Waals surface area contributed by atoms with Gasteiger partial charge in [-0.05, 0) is 17.5 Å². The first-order valence-corrected chi connectivity index (χ1v) is 7.56. The second-order valence-corrected chi connectivity index (χ2v) is 5.52. The summed E-state index contributed by atoms with van der Waals surface area (Å²) in [4.78, 5) is 13.7. The number of carbonyl (C=O) groups is 1. The van der Waals surface area contributed by atoms with Gasteiger partial charge in [0, 0.05) is 26.1 Å². The van der Waals surface area contributed by atoms with Crippen LogP contribution in [0.25, 0.3) is 0 Å². The van der Waals surface area contributed by atoms with E-state index < -0.39 is 24.9 Å². The summed E-state index contributed by atoms with van der Waals surface area (Å²) >= 11 is 0. The van der Waals surface area contributed by atoms with Gasteiger partial charge in [-0.15, -0.1) is 12.4 Å². The number of rotatable bonds is 4. The van der Waals surface area contributed by atoms with Crippen molar-refractivity contribution in [3.8, 4) is 0 Å². The first kappa shape index (κ1) is 19.8. The molecule has 1 heterocycles. The van der Waals surface area contributed by atoms with Crippen molar-refractivity contribution in [1.29, 1.82) is 0 Å². The van der Waals surface area contributed by atoms with Crippen molar-refractivity contribution in [2.45, 2.75) is 38.4 Å². The SMILES string of the molecule is CCc1ccc(C2CNCCN2C(=O)CCC(F)(F)F)cc1.Cl. The summed E-state index contributed by atoms with van der Waals surface area (Å²) in [6.07, 6.45) is -4.90. The molecule has 7 heteroatoms. The Balaban J connectivity index is 0.00000264. The van der Waals surface area contributed by atoms with Crippen molar-refractivity contribution < 1.29 is 18.0 Å². The number of hydrogen-bond donors (Lipinski definition) is 1. The number of alkyl halides is 3.